The zero-order chi connectivity index (χ0) is 20.0. The van der Waals surface area contributed by atoms with Crippen LogP contribution < -0.4 is 10.2 Å². The van der Waals surface area contributed by atoms with Crippen LogP contribution in [0.25, 0.3) is 16.7 Å². The maximum absolute atomic E-state index is 5.84. The summed E-state index contributed by atoms with van der Waals surface area (Å²) in [5.41, 5.74) is 2.61. The molecule has 1 aliphatic heterocycles. The molecule has 10 heteroatoms. The molecule has 0 saturated carbocycles. The van der Waals surface area contributed by atoms with Crippen molar-refractivity contribution in [3.8, 4) is 0 Å². The molecule has 1 aromatic carbocycles. The van der Waals surface area contributed by atoms with Gasteiger partial charge in [0.25, 0.3) is 0 Å². The van der Waals surface area contributed by atoms with Gasteiger partial charge < -0.3 is 19.9 Å². The van der Waals surface area contributed by atoms with Gasteiger partial charge in [-0.1, -0.05) is 12.1 Å². The van der Waals surface area contributed by atoms with Crippen LogP contribution in [-0.2, 0) is 11.3 Å². The van der Waals surface area contributed by atoms with Crippen molar-refractivity contribution in [3.63, 3.8) is 0 Å². The number of fused-ring (bicyclic) bond motifs is 2. The molecule has 4 aromatic rings. The first kappa shape index (κ1) is 18.3. The minimum atomic E-state index is 0.122. The van der Waals surface area contributed by atoms with E-state index in [-0.39, 0.29) is 12.2 Å². The average molecular weight is 457 g/mol. The van der Waals surface area contributed by atoms with E-state index in [1.165, 1.54) is 0 Å². The number of ether oxygens (including phenoxy) is 1. The molecular formula is C19H21BrN8O. The number of anilines is 2. The second-order valence-electron chi connectivity index (χ2n) is 7.29. The van der Waals surface area contributed by atoms with E-state index in [0.29, 0.717) is 24.0 Å². The van der Waals surface area contributed by atoms with Crippen molar-refractivity contribution in [3.05, 3.63) is 40.9 Å². The van der Waals surface area contributed by atoms with E-state index >= 15 is 0 Å². The van der Waals surface area contributed by atoms with Crippen molar-refractivity contribution in [1.29, 1.82) is 0 Å². The Bertz CT molecular complexity index is 1130. The van der Waals surface area contributed by atoms with E-state index < -0.39 is 0 Å². The van der Waals surface area contributed by atoms with Crippen molar-refractivity contribution >= 4 is 44.4 Å². The molecule has 0 amide bonds. The lowest BCUT2D eigenvalue weighted by Gasteiger charge is -2.35. The molecule has 2 N–H and O–H groups in total. The van der Waals surface area contributed by atoms with Gasteiger partial charge in [0.05, 0.1) is 36.0 Å². The Hall–Kier alpha value is -2.72. The van der Waals surface area contributed by atoms with Gasteiger partial charge in [0, 0.05) is 13.1 Å². The first-order valence-electron chi connectivity index (χ1n) is 9.56. The lowest BCUT2D eigenvalue weighted by Crippen LogP contribution is -2.46. The number of nitrogens with one attached hydrogen (secondary N) is 2. The summed E-state index contributed by atoms with van der Waals surface area (Å²) in [5.74, 6) is 2.14. The Kier molecular flexibility index (Phi) is 4.59. The number of hydrogen-bond acceptors (Lipinski definition) is 7. The quantitative estimate of drug-likeness (QED) is 0.487. The molecule has 0 bridgehead atoms. The summed E-state index contributed by atoms with van der Waals surface area (Å²) in [6, 6.07) is 7.97. The maximum atomic E-state index is 5.84. The first-order valence-corrected chi connectivity index (χ1v) is 10.4. The average Bonchev–Trinajstić information content (AvgIpc) is 3.28. The highest BCUT2D eigenvalue weighted by Gasteiger charge is 2.25. The van der Waals surface area contributed by atoms with E-state index in [4.69, 9.17) is 9.72 Å². The van der Waals surface area contributed by atoms with E-state index in [1.807, 2.05) is 24.3 Å². The Labute approximate surface area is 175 Å². The molecule has 9 nitrogen and oxygen atoms in total. The number of nitrogens with zero attached hydrogens (tertiary/aromatic N) is 6. The van der Waals surface area contributed by atoms with Gasteiger partial charge in [-0.3, -0.25) is 0 Å². The largest absolute Gasteiger partial charge is 0.372 e. The number of H-pyrrole nitrogens is 1. The number of morpholine rings is 1. The minimum absolute atomic E-state index is 0.122. The molecule has 0 radical (unpaired) electrons. The molecule has 150 valence electrons. The first-order chi connectivity index (χ1) is 14.1. The summed E-state index contributed by atoms with van der Waals surface area (Å²) in [4.78, 5) is 19.3. The number of imidazole rings is 2. The highest BCUT2D eigenvalue weighted by molar-refractivity contribution is 9.10. The van der Waals surface area contributed by atoms with Crippen LogP contribution in [0.5, 0.6) is 0 Å². The third kappa shape index (κ3) is 3.53. The molecule has 1 saturated heterocycles. The fraction of sp³-hybridized carbons (Fsp3) is 0.368. The van der Waals surface area contributed by atoms with E-state index in [9.17, 15) is 0 Å². The molecule has 3 aromatic heterocycles. The van der Waals surface area contributed by atoms with Crippen molar-refractivity contribution in [2.45, 2.75) is 32.6 Å². The standard InChI is InChI=1S/C19H21BrN8O/c1-11-9-27(10-12(2)29-11)19-25-17(18-22-7-15(20)28(18)26-19)21-8-16-23-13-5-3-4-6-14(13)24-16/h3-7,11-12H,8-10H2,1-2H3,(H,23,24)(H,21,25,26)/t11-,12+. The molecule has 0 aliphatic carbocycles. The highest BCUT2D eigenvalue weighted by Crippen LogP contribution is 2.23. The Morgan fingerprint density at radius 1 is 1.21 bits per heavy atom. The summed E-state index contributed by atoms with van der Waals surface area (Å²) < 4.78 is 8.38. The van der Waals surface area contributed by atoms with E-state index in [2.05, 4.69) is 60.0 Å². The summed E-state index contributed by atoms with van der Waals surface area (Å²) in [6.45, 7) is 6.11. The van der Waals surface area contributed by atoms with Gasteiger partial charge in [-0.05, 0) is 41.9 Å². The van der Waals surface area contributed by atoms with E-state index in [1.54, 1.807) is 10.7 Å². The van der Waals surface area contributed by atoms with Crippen LogP contribution in [0.15, 0.2) is 35.1 Å². The van der Waals surface area contributed by atoms with Crippen LogP contribution in [0.4, 0.5) is 11.8 Å². The molecule has 1 aliphatic rings. The van der Waals surface area contributed by atoms with Gasteiger partial charge in [0.2, 0.25) is 5.95 Å². The third-order valence-electron chi connectivity index (χ3n) is 4.87. The molecule has 0 unspecified atom stereocenters. The topological polar surface area (TPSA) is 96.3 Å². The molecule has 5 rings (SSSR count). The number of aromatic nitrogens is 6. The van der Waals surface area contributed by atoms with Crippen LogP contribution in [0.3, 0.4) is 0 Å². The number of hydrogen-bond donors (Lipinski definition) is 2. The van der Waals surface area contributed by atoms with Crippen LogP contribution in [0.1, 0.15) is 19.7 Å². The van der Waals surface area contributed by atoms with Gasteiger partial charge >= 0.3 is 0 Å². The summed E-state index contributed by atoms with van der Waals surface area (Å²) in [5, 5.41) is 8.05. The molecule has 2 atom stereocenters. The smallest absolute Gasteiger partial charge is 0.245 e. The monoisotopic (exact) mass is 456 g/mol. The molecule has 4 heterocycles. The zero-order valence-corrected chi connectivity index (χ0v) is 17.7. The van der Waals surface area contributed by atoms with Crippen LogP contribution in [-0.4, -0.2) is 54.8 Å². The van der Waals surface area contributed by atoms with Gasteiger partial charge in [0.1, 0.15) is 10.4 Å². The highest BCUT2D eigenvalue weighted by atomic mass is 79.9. The predicted octanol–water partition coefficient (Wildman–Crippen LogP) is 2.99. The third-order valence-corrected chi connectivity index (χ3v) is 5.41. The fourth-order valence-corrected chi connectivity index (χ4v) is 4.04. The molecule has 1 fully saturated rings. The SMILES string of the molecule is C[C@@H]1CN(c2nc(NCc3nc4ccccc4[nH]3)c3ncc(Br)n3n2)C[C@H](C)O1. The van der Waals surface area contributed by atoms with E-state index in [0.717, 1.165) is 34.6 Å². The maximum Gasteiger partial charge on any atom is 0.245 e. The predicted molar refractivity (Wildman–Crippen MR) is 114 cm³/mol. The number of rotatable bonds is 4. The number of benzene rings is 1. The Morgan fingerprint density at radius 2 is 2.00 bits per heavy atom. The lowest BCUT2D eigenvalue weighted by atomic mass is 10.2. The van der Waals surface area contributed by atoms with Gasteiger partial charge in [0.15, 0.2) is 11.5 Å². The second kappa shape index (κ2) is 7.27. The number of para-hydroxylation sites is 2. The van der Waals surface area contributed by atoms with Gasteiger partial charge in [-0.15, -0.1) is 5.10 Å². The Balaban J connectivity index is 1.47. The van der Waals surface area contributed by atoms with Crippen molar-refractivity contribution in [2.75, 3.05) is 23.3 Å². The molecule has 29 heavy (non-hydrogen) atoms. The summed E-state index contributed by atoms with van der Waals surface area (Å²) in [6.07, 6.45) is 1.97. The van der Waals surface area contributed by atoms with Gasteiger partial charge in [-0.2, -0.15) is 9.50 Å². The normalized spacial score (nSPS) is 19.9. The zero-order valence-electron chi connectivity index (χ0n) is 16.1. The second-order valence-corrected chi connectivity index (χ2v) is 8.11. The lowest BCUT2D eigenvalue weighted by molar-refractivity contribution is -0.00577. The number of halogens is 1. The molecule has 0 spiro atoms. The number of aromatic amines is 1. The fourth-order valence-electron chi connectivity index (χ4n) is 3.69. The summed E-state index contributed by atoms with van der Waals surface area (Å²) >= 11 is 3.52. The Morgan fingerprint density at radius 3 is 2.79 bits per heavy atom. The molecular weight excluding hydrogens is 436 g/mol. The van der Waals surface area contributed by atoms with Crippen LogP contribution in [0.2, 0.25) is 0 Å². The van der Waals surface area contributed by atoms with Crippen molar-refractivity contribution < 1.29 is 4.74 Å². The summed E-state index contributed by atoms with van der Waals surface area (Å²) in [7, 11) is 0. The van der Waals surface area contributed by atoms with Gasteiger partial charge in [-0.25, -0.2) is 9.97 Å². The minimum Gasteiger partial charge on any atom is -0.372 e. The van der Waals surface area contributed by atoms with Crippen LogP contribution >= 0.6 is 15.9 Å². The van der Waals surface area contributed by atoms with Crippen molar-refractivity contribution in [1.82, 2.24) is 29.5 Å². The van der Waals surface area contributed by atoms with Crippen molar-refractivity contribution in [2.24, 2.45) is 0 Å². The van der Waals surface area contributed by atoms with Crippen LogP contribution in [0, 0.1) is 0 Å².